The van der Waals surface area contributed by atoms with Gasteiger partial charge in [-0.3, -0.25) is 0 Å². The Bertz CT molecular complexity index is 195. The highest BCUT2D eigenvalue weighted by Crippen LogP contribution is 2.48. The molecular formula is C13H25NO. The van der Waals surface area contributed by atoms with Gasteiger partial charge in [0.2, 0.25) is 0 Å². The molecule has 0 radical (unpaired) electrons. The van der Waals surface area contributed by atoms with Crippen LogP contribution in [0.4, 0.5) is 0 Å². The standard InChI is InChI=1S/C13H25NO/c1-3-13(6-7-13)10-14-11(2)12-4-8-15-9-5-12/h11-12,14H,3-10H2,1-2H3. The monoisotopic (exact) mass is 211 g/mol. The van der Waals surface area contributed by atoms with E-state index >= 15 is 0 Å². The van der Waals surface area contributed by atoms with Crippen LogP contribution < -0.4 is 5.32 Å². The van der Waals surface area contributed by atoms with Gasteiger partial charge in [-0.2, -0.15) is 0 Å². The number of nitrogens with one attached hydrogen (secondary N) is 1. The first-order chi connectivity index (χ1) is 7.26. The minimum Gasteiger partial charge on any atom is -0.381 e. The average Bonchev–Trinajstić information content (AvgIpc) is 3.08. The lowest BCUT2D eigenvalue weighted by atomic mass is 9.92. The Hall–Kier alpha value is -0.0800. The van der Waals surface area contributed by atoms with Crippen LogP contribution in [0, 0.1) is 11.3 Å². The first-order valence-electron chi connectivity index (χ1n) is 6.57. The Morgan fingerprint density at radius 2 is 2.00 bits per heavy atom. The van der Waals surface area contributed by atoms with Crippen LogP contribution >= 0.6 is 0 Å². The predicted octanol–water partition coefficient (Wildman–Crippen LogP) is 2.58. The molecule has 1 saturated carbocycles. The third-order valence-corrected chi connectivity index (χ3v) is 4.48. The summed E-state index contributed by atoms with van der Waals surface area (Å²) in [4.78, 5) is 0. The molecule has 1 atom stereocenters. The lowest BCUT2D eigenvalue weighted by Gasteiger charge is -2.29. The van der Waals surface area contributed by atoms with Crippen molar-refractivity contribution in [1.82, 2.24) is 5.32 Å². The molecule has 1 aliphatic carbocycles. The molecule has 2 fully saturated rings. The molecule has 2 aliphatic rings. The van der Waals surface area contributed by atoms with Crippen LogP contribution in [0.25, 0.3) is 0 Å². The lowest BCUT2D eigenvalue weighted by Crippen LogP contribution is -2.39. The minimum atomic E-state index is 0.679. The summed E-state index contributed by atoms with van der Waals surface area (Å²) >= 11 is 0. The Balaban J connectivity index is 1.69. The zero-order valence-corrected chi connectivity index (χ0v) is 10.2. The van der Waals surface area contributed by atoms with Gasteiger partial charge in [-0.15, -0.1) is 0 Å². The molecule has 0 bridgehead atoms. The van der Waals surface area contributed by atoms with E-state index in [1.165, 1.54) is 38.6 Å². The third-order valence-electron chi connectivity index (χ3n) is 4.48. The van der Waals surface area contributed by atoms with Gasteiger partial charge in [0.15, 0.2) is 0 Å². The quantitative estimate of drug-likeness (QED) is 0.754. The predicted molar refractivity (Wildman–Crippen MR) is 63.0 cm³/mol. The van der Waals surface area contributed by atoms with E-state index in [9.17, 15) is 0 Å². The summed E-state index contributed by atoms with van der Waals surface area (Å²) in [6.45, 7) is 7.85. The first kappa shape index (κ1) is 11.4. The van der Waals surface area contributed by atoms with Gasteiger partial charge >= 0.3 is 0 Å². The highest BCUT2D eigenvalue weighted by molar-refractivity contribution is 4.94. The topological polar surface area (TPSA) is 21.3 Å². The smallest absolute Gasteiger partial charge is 0.0469 e. The van der Waals surface area contributed by atoms with Crippen molar-refractivity contribution in [3.63, 3.8) is 0 Å². The van der Waals surface area contributed by atoms with Gasteiger partial charge < -0.3 is 10.1 Å². The molecule has 0 aromatic heterocycles. The van der Waals surface area contributed by atoms with Crippen molar-refractivity contribution in [2.75, 3.05) is 19.8 Å². The zero-order valence-electron chi connectivity index (χ0n) is 10.2. The number of hydrogen-bond donors (Lipinski definition) is 1. The van der Waals surface area contributed by atoms with Crippen LogP contribution in [0.15, 0.2) is 0 Å². The maximum atomic E-state index is 5.40. The van der Waals surface area contributed by atoms with Crippen LogP contribution in [0.2, 0.25) is 0 Å². The third kappa shape index (κ3) is 2.94. The normalized spacial score (nSPS) is 27.6. The fraction of sp³-hybridized carbons (Fsp3) is 1.00. The maximum absolute atomic E-state index is 5.40. The van der Waals surface area contributed by atoms with Crippen molar-refractivity contribution in [3.8, 4) is 0 Å². The van der Waals surface area contributed by atoms with Gasteiger partial charge in [-0.05, 0) is 50.4 Å². The van der Waals surface area contributed by atoms with Gasteiger partial charge in [0, 0.05) is 25.8 Å². The molecule has 0 amide bonds. The summed E-state index contributed by atoms with van der Waals surface area (Å²) < 4.78 is 5.40. The summed E-state index contributed by atoms with van der Waals surface area (Å²) in [5.74, 6) is 0.839. The van der Waals surface area contributed by atoms with E-state index in [2.05, 4.69) is 19.2 Å². The Morgan fingerprint density at radius 3 is 2.53 bits per heavy atom. The Kier molecular flexibility index (Phi) is 3.68. The van der Waals surface area contributed by atoms with Crippen LogP contribution in [0.3, 0.4) is 0 Å². The number of hydrogen-bond acceptors (Lipinski definition) is 2. The van der Waals surface area contributed by atoms with Crippen molar-refractivity contribution < 1.29 is 4.74 Å². The number of ether oxygens (including phenoxy) is 1. The van der Waals surface area contributed by atoms with E-state index in [4.69, 9.17) is 4.74 Å². The van der Waals surface area contributed by atoms with Crippen LogP contribution in [0.1, 0.15) is 46.0 Å². The van der Waals surface area contributed by atoms with Gasteiger partial charge in [-0.25, -0.2) is 0 Å². The molecule has 1 aliphatic heterocycles. The molecule has 0 aromatic rings. The summed E-state index contributed by atoms with van der Waals surface area (Å²) in [6.07, 6.45) is 6.72. The second-order valence-corrected chi connectivity index (χ2v) is 5.47. The highest BCUT2D eigenvalue weighted by atomic mass is 16.5. The summed E-state index contributed by atoms with van der Waals surface area (Å²) in [7, 11) is 0. The van der Waals surface area contributed by atoms with E-state index in [-0.39, 0.29) is 0 Å². The molecule has 1 unspecified atom stereocenters. The molecule has 1 heterocycles. The first-order valence-corrected chi connectivity index (χ1v) is 6.57. The van der Waals surface area contributed by atoms with Gasteiger partial charge in [-0.1, -0.05) is 6.92 Å². The van der Waals surface area contributed by atoms with Crippen LogP contribution in [-0.2, 0) is 4.74 Å². The second-order valence-electron chi connectivity index (χ2n) is 5.47. The van der Waals surface area contributed by atoms with Crippen LogP contribution in [-0.4, -0.2) is 25.8 Å². The van der Waals surface area contributed by atoms with Crippen molar-refractivity contribution in [1.29, 1.82) is 0 Å². The van der Waals surface area contributed by atoms with Crippen LogP contribution in [0.5, 0.6) is 0 Å². The van der Waals surface area contributed by atoms with Crippen molar-refractivity contribution in [3.05, 3.63) is 0 Å². The molecule has 0 spiro atoms. The SMILES string of the molecule is CCC1(CNC(C)C2CCOCC2)CC1. The van der Waals surface area contributed by atoms with Crippen molar-refractivity contribution in [2.24, 2.45) is 11.3 Å². The summed E-state index contributed by atoms with van der Waals surface area (Å²) in [6, 6.07) is 0.679. The number of rotatable bonds is 5. The molecular weight excluding hydrogens is 186 g/mol. The second kappa shape index (κ2) is 4.84. The average molecular weight is 211 g/mol. The van der Waals surface area contributed by atoms with E-state index in [0.29, 0.717) is 11.5 Å². The van der Waals surface area contributed by atoms with Crippen molar-refractivity contribution >= 4 is 0 Å². The molecule has 2 rings (SSSR count). The van der Waals surface area contributed by atoms with Gasteiger partial charge in [0.25, 0.3) is 0 Å². The maximum Gasteiger partial charge on any atom is 0.0469 e. The fourth-order valence-corrected chi connectivity index (χ4v) is 2.59. The summed E-state index contributed by atoms with van der Waals surface area (Å²) in [5, 5.41) is 3.75. The zero-order chi connectivity index (χ0) is 10.7. The van der Waals surface area contributed by atoms with E-state index in [1.54, 1.807) is 0 Å². The summed E-state index contributed by atoms with van der Waals surface area (Å²) in [5.41, 5.74) is 0.680. The molecule has 0 aromatic carbocycles. The fourth-order valence-electron chi connectivity index (χ4n) is 2.59. The molecule has 88 valence electrons. The molecule has 15 heavy (non-hydrogen) atoms. The molecule has 2 nitrogen and oxygen atoms in total. The van der Waals surface area contributed by atoms with E-state index in [1.807, 2.05) is 0 Å². The van der Waals surface area contributed by atoms with Crippen molar-refractivity contribution in [2.45, 2.75) is 52.0 Å². The van der Waals surface area contributed by atoms with E-state index in [0.717, 1.165) is 19.1 Å². The molecule has 2 heteroatoms. The largest absolute Gasteiger partial charge is 0.381 e. The van der Waals surface area contributed by atoms with Gasteiger partial charge in [0.1, 0.15) is 0 Å². The molecule has 1 N–H and O–H groups in total. The van der Waals surface area contributed by atoms with Gasteiger partial charge in [0.05, 0.1) is 0 Å². The molecule has 1 saturated heterocycles. The van der Waals surface area contributed by atoms with E-state index < -0.39 is 0 Å². The highest BCUT2D eigenvalue weighted by Gasteiger charge is 2.40. The minimum absolute atomic E-state index is 0.679. The Labute approximate surface area is 93.8 Å². The Morgan fingerprint density at radius 1 is 1.33 bits per heavy atom. The lowest BCUT2D eigenvalue weighted by molar-refractivity contribution is 0.0553.